The highest BCUT2D eigenvalue weighted by Gasteiger charge is 1.99. The largest absolute Gasteiger partial charge is 0.269 e. The van der Waals surface area contributed by atoms with E-state index in [1.807, 2.05) is 11.6 Å². The molecule has 0 fully saturated rings. The molecule has 0 aliphatic heterocycles. The number of nitrogens with zero attached hydrogens (tertiary/aromatic N) is 2. The zero-order valence-electron chi connectivity index (χ0n) is 6.67. The van der Waals surface area contributed by atoms with Gasteiger partial charge in [0.25, 0.3) is 0 Å². The predicted molar refractivity (Wildman–Crippen MR) is 55.6 cm³/mol. The van der Waals surface area contributed by atoms with Crippen molar-refractivity contribution in [2.45, 2.75) is 25.7 Å². The van der Waals surface area contributed by atoms with E-state index in [0.29, 0.717) is 0 Å². The van der Waals surface area contributed by atoms with Crippen LogP contribution in [0.5, 0.6) is 0 Å². The lowest BCUT2D eigenvalue weighted by Crippen LogP contribution is -2.00. The zero-order chi connectivity index (χ0) is 7.56. The number of aromatic nitrogens is 2. The van der Waals surface area contributed by atoms with E-state index in [0.717, 1.165) is 17.6 Å². The first-order valence-electron chi connectivity index (χ1n) is 3.37. The van der Waals surface area contributed by atoms with Crippen LogP contribution in [-0.2, 0) is 11.9 Å². The van der Waals surface area contributed by atoms with Gasteiger partial charge in [-0.25, -0.2) is 0 Å². The Hall–Kier alpha value is 0.170. The lowest BCUT2D eigenvalue weighted by molar-refractivity contribution is 0.632. The first-order chi connectivity index (χ1) is 4.77. The Morgan fingerprint density at radius 2 is 2.27 bits per heavy atom. The molecule has 1 rings (SSSR count). The molecule has 1 aromatic heterocycles. The molecular weight excluding hydrogens is 272 g/mol. The van der Waals surface area contributed by atoms with E-state index in [1.54, 1.807) is 0 Å². The van der Waals surface area contributed by atoms with Crippen LogP contribution in [0.4, 0.5) is 0 Å². The summed E-state index contributed by atoms with van der Waals surface area (Å²) in [5, 5.41) is 5.18. The smallest absolute Gasteiger partial charge is 0.0596 e. The van der Waals surface area contributed by atoms with Gasteiger partial charge in [-0.15, -0.1) is 17.0 Å². The molecule has 0 aliphatic carbocycles. The van der Waals surface area contributed by atoms with E-state index in [2.05, 4.69) is 34.0 Å². The van der Waals surface area contributed by atoms with Crippen LogP contribution in [0.1, 0.15) is 18.3 Å². The maximum absolute atomic E-state index is 4.29. The second-order valence-corrected chi connectivity index (χ2v) is 2.79. The number of hydrogen-bond acceptors (Lipinski definition) is 1. The second-order valence-electron chi connectivity index (χ2n) is 2.23. The summed E-state index contributed by atoms with van der Waals surface area (Å²) in [4.78, 5) is 0. The van der Waals surface area contributed by atoms with Crippen LogP contribution in [-0.4, -0.2) is 9.78 Å². The predicted octanol–water partition coefficient (Wildman–Crippen LogP) is 2.68. The molecule has 0 amide bonds. The van der Waals surface area contributed by atoms with Gasteiger partial charge in [0.1, 0.15) is 0 Å². The molecule has 0 aromatic carbocycles. The summed E-state index contributed by atoms with van der Waals surface area (Å²) in [5.74, 6) is 0. The summed E-state index contributed by atoms with van der Waals surface area (Å²) < 4.78 is 2.00. The number of hydrogen-bond donors (Lipinski definition) is 0. The van der Waals surface area contributed by atoms with Crippen LogP contribution in [0.3, 0.4) is 0 Å². The van der Waals surface area contributed by atoms with Crippen LogP contribution in [0.15, 0.2) is 6.07 Å². The van der Waals surface area contributed by atoms with Crippen molar-refractivity contribution in [2.75, 3.05) is 0 Å². The third kappa shape index (κ3) is 2.60. The minimum Gasteiger partial charge on any atom is -0.269 e. The average Bonchev–Trinajstić information content (AvgIpc) is 2.30. The molecule has 0 saturated carbocycles. The van der Waals surface area contributed by atoms with Gasteiger partial charge in [0, 0.05) is 17.6 Å². The van der Waals surface area contributed by atoms with Crippen molar-refractivity contribution in [3.63, 3.8) is 0 Å². The normalized spacial score (nSPS) is 9.36. The van der Waals surface area contributed by atoms with Gasteiger partial charge in [-0.05, 0) is 19.9 Å². The second kappa shape index (κ2) is 4.93. The van der Waals surface area contributed by atoms with E-state index in [9.17, 15) is 0 Å². The van der Waals surface area contributed by atoms with Crippen molar-refractivity contribution in [3.8, 4) is 0 Å². The Labute approximate surface area is 85.9 Å². The van der Waals surface area contributed by atoms with Crippen LogP contribution >= 0.6 is 32.9 Å². The number of alkyl halides is 1. The Morgan fingerprint density at radius 1 is 1.64 bits per heavy atom. The fourth-order valence-corrected chi connectivity index (χ4v) is 1.43. The van der Waals surface area contributed by atoms with Gasteiger partial charge in [0.05, 0.1) is 5.69 Å². The van der Waals surface area contributed by atoms with Crippen molar-refractivity contribution in [2.24, 2.45) is 0 Å². The van der Waals surface area contributed by atoms with Gasteiger partial charge in [-0.2, -0.15) is 5.10 Å². The summed E-state index contributed by atoms with van der Waals surface area (Å²) in [6.07, 6.45) is 0. The highest BCUT2D eigenvalue weighted by molar-refractivity contribution is 9.08. The SMILES string of the molecule is Br.CCn1nc(C)cc1CBr. The standard InChI is InChI=1S/C7H11BrN2.BrH/c1-3-10-7(5-8)4-6(2)9-10;/h4H,3,5H2,1-2H3;1H. The summed E-state index contributed by atoms with van der Waals surface area (Å²) in [7, 11) is 0. The highest BCUT2D eigenvalue weighted by atomic mass is 79.9. The lowest BCUT2D eigenvalue weighted by Gasteiger charge is -1.98. The highest BCUT2D eigenvalue weighted by Crippen LogP contribution is 2.07. The third-order valence-corrected chi connectivity index (χ3v) is 2.00. The van der Waals surface area contributed by atoms with Crippen LogP contribution in [0.25, 0.3) is 0 Å². The van der Waals surface area contributed by atoms with Gasteiger partial charge < -0.3 is 0 Å². The molecule has 11 heavy (non-hydrogen) atoms. The van der Waals surface area contributed by atoms with Crippen molar-refractivity contribution in [3.05, 3.63) is 17.5 Å². The Bertz CT molecular complexity index is 199. The maximum atomic E-state index is 4.29. The van der Waals surface area contributed by atoms with Crippen LogP contribution in [0, 0.1) is 6.92 Å². The molecule has 0 spiro atoms. The molecule has 0 radical (unpaired) electrons. The van der Waals surface area contributed by atoms with E-state index < -0.39 is 0 Å². The van der Waals surface area contributed by atoms with Gasteiger partial charge in [0.15, 0.2) is 0 Å². The third-order valence-electron chi connectivity index (χ3n) is 1.42. The maximum Gasteiger partial charge on any atom is 0.0596 e. The lowest BCUT2D eigenvalue weighted by atomic mass is 10.4. The van der Waals surface area contributed by atoms with Crippen LogP contribution in [0.2, 0.25) is 0 Å². The Balaban J connectivity index is 0.000001000. The minimum absolute atomic E-state index is 0. The summed E-state index contributed by atoms with van der Waals surface area (Å²) >= 11 is 3.40. The van der Waals surface area contributed by atoms with Crippen LogP contribution < -0.4 is 0 Å². The fourth-order valence-electron chi connectivity index (χ4n) is 0.980. The van der Waals surface area contributed by atoms with E-state index >= 15 is 0 Å². The summed E-state index contributed by atoms with van der Waals surface area (Å²) in [6.45, 7) is 5.06. The quantitative estimate of drug-likeness (QED) is 0.763. The first kappa shape index (κ1) is 11.2. The molecule has 0 aliphatic rings. The Morgan fingerprint density at radius 3 is 2.64 bits per heavy atom. The van der Waals surface area contributed by atoms with Crippen molar-refractivity contribution >= 4 is 32.9 Å². The summed E-state index contributed by atoms with van der Waals surface area (Å²) in [5.41, 5.74) is 2.34. The molecule has 0 bridgehead atoms. The van der Waals surface area contributed by atoms with Gasteiger partial charge in [-0.1, -0.05) is 15.9 Å². The molecule has 1 heterocycles. The fraction of sp³-hybridized carbons (Fsp3) is 0.571. The van der Waals surface area contributed by atoms with E-state index in [-0.39, 0.29) is 17.0 Å². The molecule has 0 N–H and O–H groups in total. The Kier molecular flexibility index (Phi) is 5.01. The molecule has 0 atom stereocenters. The number of halogens is 2. The molecule has 0 unspecified atom stereocenters. The number of rotatable bonds is 2. The van der Waals surface area contributed by atoms with Crippen molar-refractivity contribution < 1.29 is 0 Å². The van der Waals surface area contributed by atoms with E-state index in [1.165, 1.54) is 5.69 Å². The minimum atomic E-state index is 0. The topological polar surface area (TPSA) is 17.8 Å². The van der Waals surface area contributed by atoms with Gasteiger partial charge >= 0.3 is 0 Å². The summed E-state index contributed by atoms with van der Waals surface area (Å²) in [6, 6.07) is 2.10. The van der Waals surface area contributed by atoms with E-state index in [4.69, 9.17) is 0 Å². The van der Waals surface area contributed by atoms with Crippen molar-refractivity contribution in [1.82, 2.24) is 9.78 Å². The molecule has 2 nitrogen and oxygen atoms in total. The molecular formula is C7H12Br2N2. The monoisotopic (exact) mass is 282 g/mol. The molecule has 64 valence electrons. The molecule has 4 heteroatoms. The molecule has 1 aromatic rings. The van der Waals surface area contributed by atoms with Gasteiger partial charge in [-0.3, -0.25) is 4.68 Å². The number of aryl methyl sites for hydroxylation is 2. The first-order valence-corrected chi connectivity index (χ1v) is 4.49. The molecule has 0 saturated heterocycles. The van der Waals surface area contributed by atoms with Gasteiger partial charge in [0.2, 0.25) is 0 Å². The zero-order valence-corrected chi connectivity index (χ0v) is 9.97. The average molecular weight is 284 g/mol. The van der Waals surface area contributed by atoms with Crippen molar-refractivity contribution in [1.29, 1.82) is 0 Å².